The summed E-state index contributed by atoms with van der Waals surface area (Å²) in [6.45, 7) is 0. The number of nitrogens with zero attached hydrogens (tertiary/aromatic N) is 5. The first-order valence-corrected chi connectivity index (χ1v) is 18.3. The number of aromatic nitrogens is 3. The van der Waals surface area contributed by atoms with Crippen LogP contribution in [-0.4, -0.2) is 13.7 Å². The zero-order valence-corrected chi connectivity index (χ0v) is 29.5. The Morgan fingerprint density at radius 2 is 0.855 bits per heavy atom. The van der Waals surface area contributed by atoms with Crippen molar-refractivity contribution in [1.29, 1.82) is 10.5 Å². The molecule has 0 amide bonds. The van der Waals surface area contributed by atoms with Gasteiger partial charge in [0.1, 0.15) is 6.07 Å². The number of fused-ring (bicyclic) bond motifs is 9. The smallest absolute Gasteiger partial charge is 0.102 e. The van der Waals surface area contributed by atoms with E-state index < -0.39 is 0 Å². The van der Waals surface area contributed by atoms with Gasteiger partial charge in [-0.3, -0.25) is 0 Å². The maximum absolute atomic E-state index is 11.0. The summed E-state index contributed by atoms with van der Waals surface area (Å²) >= 11 is 0. The van der Waals surface area contributed by atoms with Gasteiger partial charge in [-0.15, -0.1) is 0 Å². The van der Waals surface area contributed by atoms with E-state index in [2.05, 4.69) is 165 Å². The highest BCUT2D eigenvalue weighted by molar-refractivity contribution is 6.13. The van der Waals surface area contributed by atoms with Crippen molar-refractivity contribution in [3.05, 3.63) is 187 Å². The molecular weight excluding hydrogens is 671 g/mol. The van der Waals surface area contributed by atoms with Crippen LogP contribution in [0.3, 0.4) is 0 Å². The van der Waals surface area contributed by atoms with Crippen LogP contribution in [0, 0.1) is 22.7 Å². The summed E-state index contributed by atoms with van der Waals surface area (Å²) in [6.07, 6.45) is 0. The molecule has 11 aromatic rings. The van der Waals surface area contributed by atoms with Gasteiger partial charge in [0.25, 0.3) is 0 Å². The van der Waals surface area contributed by atoms with Gasteiger partial charge >= 0.3 is 0 Å². The highest BCUT2D eigenvalue weighted by Gasteiger charge is 2.20. The Kier molecular flexibility index (Phi) is 6.61. The Morgan fingerprint density at radius 1 is 0.345 bits per heavy atom. The molecule has 0 unspecified atom stereocenters. The third kappa shape index (κ3) is 4.45. The number of nitriles is 2. The van der Waals surface area contributed by atoms with Gasteiger partial charge in [0, 0.05) is 49.3 Å². The van der Waals surface area contributed by atoms with Crippen LogP contribution >= 0.6 is 0 Å². The van der Waals surface area contributed by atoms with Gasteiger partial charge in [-0.2, -0.15) is 10.5 Å². The molecule has 8 aromatic carbocycles. The van der Waals surface area contributed by atoms with E-state index in [1.807, 2.05) is 36.4 Å². The van der Waals surface area contributed by atoms with E-state index in [1.54, 1.807) is 0 Å². The van der Waals surface area contributed by atoms with Gasteiger partial charge in [-0.1, -0.05) is 103 Å². The predicted octanol–water partition coefficient (Wildman–Crippen LogP) is 12.4. The van der Waals surface area contributed by atoms with Crippen LogP contribution in [0.15, 0.2) is 176 Å². The molecular formula is C50H29N5. The van der Waals surface area contributed by atoms with Gasteiger partial charge in [-0.05, 0) is 78.4 Å². The van der Waals surface area contributed by atoms with Crippen molar-refractivity contribution in [1.82, 2.24) is 13.7 Å². The van der Waals surface area contributed by atoms with Crippen LogP contribution < -0.4 is 0 Å². The number of rotatable bonds is 4. The summed E-state index contributed by atoms with van der Waals surface area (Å²) < 4.78 is 6.81. The summed E-state index contributed by atoms with van der Waals surface area (Å²) in [5, 5.41) is 27.6. The molecule has 0 atom stereocenters. The summed E-state index contributed by atoms with van der Waals surface area (Å²) in [5.74, 6) is 0. The van der Waals surface area contributed by atoms with Gasteiger partial charge in [0.05, 0.1) is 56.0 Å². The first kappa shape index (κ1) is 30.7. The zero-order valence-electron chi connectivity index (χ0n) is 29.5. The first-order chi connectivity index (χ1) is 27.2. The van der Waals surface area contributed by atoms with Crippen molar-refractivity contribution in [2.24, 2.45) is 0 Å². The Labute approximate surface area is 316 Å². The fraction of sp³-hybridized carbons (Fsp3) is 0. The Hall–Kier alpha value is -7.86. The number of hydrogen-bond acceptors (Lipinski definition) is 2. The number of para-hydroxylation sites is 4. The molecule has 0 N–H and O–H groups in total. The second-order valence-electron chi connectivity index (χ2n) is 14.0. The molecule has 0 aliphatic carbocycles. The minimum absolute atomic E-state index is 0.581. The van der Waals surface area contributed by atoms with Crippen LogP contribution in [0.1, 0.15) is 11.1 Å². The normalized spacial score (nSPS) is 11.6. The van der Waals surface area contributed by atoms with Crippen molar-refractivity contribution in [2.45, 2.75) is 0 Å². The number of hydrogen-bond donors (Lipinski definition) is 0. The molecule has 3 heterocycles. The topological polar surface area (TPSA) is 62.4 Å². The molecule has 5 nitrogen and oxygen atoms in total. The summed E-state index contributed by atoms with van der Waals surface area (Å²) in [5.41, 5.74) is 12.3. The third-order valence-corrected chi connectivity index (χ3v) is 11.1. The summed E-state index contributed by atoms with van der Waals surface area (Å²) in [7, 11) is 0. The second kappa shape index (κ2) is 11.8. The van der Waals surface area contributed by atoms with E-state index in [0.29, 0.717) is 11.1 Å². The van der Waals surface area contributed by atoms with E-state index in [-0.39, 0.29) is 0 Å². The lowest BCUT2D eigenvalue weighted by Gasteiger charge is -2.15. The van der Waals surface area contributed by atoms with Crippen molar-refractivity contribution < 1.29 is 0 Å². The van der Waals surface area contributed by atoms with E-state index >= 15 is 0 Å². The molecule has 3 aromatic heterocycles. The van der Waals surface area contributed by atoms with Crippen molar-refractivity contribution in [3.63, 3.8) is 0 Å². The van der Waals surface area contributed by atoms with Crippen LogP contribution in [-0.2, 0) is 0 Å². The Bertz CT molecular complexity index is 3350. The van der Waals surface area contributed by atoms with Gasteiger partial charge in [0.2, 0.25) is 0 Å². The molecule has 0 aliphatic heterocycles. The van der Waals surface area contributed by atoms with Gasteiger partial charge in [-0.25, -0.2) is 0 Å². The molecule has 0 bridgehead atoms. The average Bonchev–Trinajstić information content (AvgIpc) is 3.88. The lowest BCUT2D eigenvalue weighted by Crippen LogP contribution is -2.01. The highest BCUT2D eigenvalue weighted by atomic mass is 15.0. The third-order valence-electron chi connectivity index (χ3n) is 11.1. The van der Waals surface area contributed by atoms with Gasteiger partial charge in [0.15, 0.2) is 0 Å². The van der Waals surface area contributed by atoms with E-state index in [9.17, 15) is 10.5 Å². The molecule has 0 spiro atoms. The fourth-order valence-electron chi connectivity index (χ4n) is 8.75. The lowest BCUT2D eigenvalue weighted by atomic mass is 9.98. The molecule has 254 valence electrons. The maximum Gasteiger partial charge on any atom is 0.102 e. The van der Waals surface area contributed by atoms with Crippen molar-refractivity contribution in [2.75, 3.05) is 0 Å². The standard InChI is InChI=1S/C50H29N5/c51-30-32-20-27-49-42(28-32)41-26-25-35(54-46-17-7-3-12-39(46)40-13-4-8-18-47(40)54)29-50(41)55(49)48-19-9-14-36(43(48)31-52)33-21-23-34(24-22-33)53-44-15-5-1-10-37(44)38-11-2-6-16-45(38)53/h1-29H. The summed E-state index contributed by atoms with van der Waals surface area (Å²) in [6, 6.07) is 65.9. The molecule has 0 fully saturated rings. The fourth-order valence-corrected chi connectivity index (χ4v) is 8.75. The second-order valence-corrected chi connectivity index (χ2v) is 14.0. The quantitative estimate of drug-likeness (QED) is 0.184. The van der Waals surface area contributed by atoms with E-state index in [1.165, 1.54) is 21.5 Å². The first-order valence-electron chi connectivity index (χ1n) is 18.3. The molecule has 11 rings (SSSR count). The van der Waals surface area contributed by atoms with Crippen LogP contribution in [0.5, 0.6) is 0 Å². The van der Waals surface area contributed by atoms with Crippen LogP contribution in [0.4, 0.5) is 0 Å². The minimum Gasteiger partial charge on any atom is -0.309 e. The van der Waals surface area contributed by atoms with Crippen LogP contribution in [0.25, 0.3) is 93.6 Å². The van der Waals surface area contributed by atoms with E-state index in [4.69, 9.17) is 0 Å². The molecule has 0 saturated carbocycles. The SMILES string of the molecule is N#Cc1ccc2c(c1)c1ccc(-n3c4ccccc4c4ccccc43)cc1n2-c1cccc(-c2ccc(-n3c4ccccc4c4ccccc43)cc2)c1C#N. The zero-order chi connectivity index (χ0) is 36.6. The van der Waals surface area contributed by atoms with Crippen molar-refractivity contribution in [3.8, 4) is 40.3 Å². The highest BCUT2D eigenvalue weighted by Crippen LogP contribution is 2.40. The lowest BCUT2D eigenvalue weighted by molar-refractivity contribution is 1.15. The monoisotopic (exact) mass is 699 g/mol. The number of benzene rings is 8. The van der Waals surface area contributed by atoms with Crippen molar-refractivity contribution >= 4 is 65.4 Å². The minimum atomic E-state index is 0.581. The van der Waals surface area contributed by atoms with Gasteiger partial charge < -0.3 is 13.7 Å². The molecule has 55 heavy (non-hydrogen) atoms. The Morgan fingerprint density at radius 3 is 1.42 bits per heavy atom. The largest absolute Gasteiger partial charge is 0.309 e. The Balaban J connectivity index is 1.12. The summed E-state index contributed by atoms with van der Waals surface area (Å²) in [4.78, 5) is 0. The average molecular weight is 700 g/mol. The molecule has 0 saturated heterocycles. The predicted molar refractivity (Wildman–Crippen MR) is 224 cm³/mol. The molecule has 0 radical (unpaired) electrons. The molecule has 5 heteroatoms. The maximum atomic E-state index is 11.0. The van der Waals surface area contributed by atoms with Crippen LogP contribution in [0.2, 0.25) is 0 Å². The van der Waals surface area contributed by atoms with E-state index in [0.717, 1.165) is 72.1 Å². The molecule has 0 aliphatic rings.